The van der Waals surface area contributed by atoms with Crippen molar-refractivity contribution in [1.29, 1.82) is 0 Å². The number of esters is 1. The van der Waals surface area contributed by atoms with E-state index in [0.29, 0.717) is 13.0 Å². The largest absolute Gasteiger partial charge is 0.466 e. The lowest BCUT2D eigenvalue weighted by atomic mass is 9.93. The first-order chi connectivity index (χ1) is 13.1. The van der Waals surface area contributed by atoms with E-state index in [1.807, 2.05) is 6.92 Å². The fourth-order valence-corrected chi connectivity index (χ4v) is 4.26. The van der Waals surface area contributed by atoms with Gasteiger partial charge in [0.1, 0.15) is 5.65 Å². The van der Waals surface area contributed by atoms with Crippen LogP contribution in [0.15, 0.2) is 18.2 Å². The molecule has 0 amide bonds. The molecule has 5 nitrogen and oxygen atoms in total. The van der Waals surface area contributed by atoms with Gasteiger partial charge in [-0.05, 0) is 63.6 Å². The maximum Gasteiger partial charge on any atom is 0.305 e. The molecule has 3 aromatic rings. The number of fused-ring (bicyclic) bond motifs is 4. The summed E-state index contributed by atoms with van der Waals surface area (Å²) in [6, 6.07) is 6.47. The van der Waals surface area contributed by atoms with Gasteiger partial charge in [0.15, 0.2) is 0 Å². The van der Waals surface area contributed by atoms with Crippen molar-refractivity contribution in [1.82, 2.24) is 9.55 Å². The van der Waals surface area contributed by atoms with Crippen LogP contribution >= 0.6 is 0 Å². The number of rotatable bonds is 5. The summed E-state index contributed by atoms with van der Waals surface area (Å²) in [7, 11) is 0. The van der Waals surface area contributed by atoms with E-state index >= 15 is 0 Å². The molecule has 0 radical (unpaired) electrons. The Bertz CT molecular complexity index is 1020. The molecule has 0 saturated carbocycles. The van der Waals surface area contributed by atoms with Crippen LogP contribution < -0.4 is 5.73 Å². The summed E-state index contributed by atoms with van der Waals surface area (Å²) in [5.41, 5.74) is 13.3. The fourth-order valence-electron chi connectivity index (χ4n) is 4.26. The van der Waals surface area contributed by atoms with Gasteiger partial charge in [-0.25, -0.2) is 4.98 Å². The molecule has 1 aromatic carbocycles. The van der Waals surface area contributed by atoms with E-state index in [2.05, 4.69) is 29.7 Å². The zero-order chi connectivity index (χ0) is 19.0. The van der Waals surface area contributed by atoms with Gasteiger partial charge in [-0.2, -0.15) is 0 Å². The van der Waals surface area contributed by atoms with Crippen molar-refractivity contribution in [2.75, 3.05) is 12.3 Å². The molecule has 142 valence electrons. The smallest absolute Gasteiger partial charge is 0.305 e. The maximum absolute atomic E-state index is 11.7. The predicted octanol–water partition coefficient (Wildman–Crippen LogP) is 4.30. The molecule has 0 aliphatic heterocycles. The first-order valence-electron chi connectivity index (χ1n) is 9.95. The summed E-state index contributed by atoms with van der Waals surface area (Å²) < 4.78 is 7.29. The van der Waals surface area contributed by atoms with E-state index in [-0.39, 0.29) is 5.97 Å². The molecule has 1 aliphatic carbocycles. The van der Waals surface area contributed by atoms with Crippen molar-refractivity contribution in [3.63, 3.8) is 0 Å². The molecule has 0 spiro atoms. The van der Waals surface area contributed by atoms with Crippen LogP contribution in [0.5, 0.6) is 0 Å². The number of nitrogen functional groups attached to an aromatic ring is 1. The Morgan fingerprint density at radius 2 is 2.11 bits per heavy atom. The zero-order valence-corrected chi connectivity index (χ0v) is 16.2. The van der Waals surface area contributed by atoms with E-state index in [4.69, 9.17) is 15.5 Å². The van der Waals surface area contributed by atoms with E-state index in [1.165, 1.54) is 29.4 Å². The highest BCUT2D eigenvalue weighted by molar-refractivity contribution is 6.13. The molecule has 0 saturated heterocycles. The van der Waals surface area contributed by atoms with Crippen LogP contribution in [0.1, 0.15) is 49.4 Å². The Balaban J connectivity index is 1.83. The lowest BCUT2D eigenvalue weighted by Gasteiger charge is -2.18. The van der Waals surface area contributed by atoms with Crippen molar-refractivity contribution in [3.05, 3.63) is 35.0 Å². The average Bonchev–Trinajstić information content (AvgIpc) is 2.95. The number of aryl methyl sites for hydroxylation is 3. The molecule has 0 atom stereocenters. The second-order valence-corrected chi connectivity index (χ2v) is 7.44. The number of nitrogens with zero attached hydrogens (tertiary/aromatic N) is 2. The van der Waals surface area contributed by atoms with E-state index in [0.717, 1.165) is 53.7 Å². The van der Waals surface area contributed by atoms with Crippen LogP contribution in [0, 0.1) is 6.92 Å². The van der Waals surface area contributed by atoms with Gasteiger partial charge in [0.05, 0.1) is 17.5 Å². The van der Waals surface area contributed by atoms with Crippen molar-refractivity contribution in [2.45, 2.75) is 58.9 Å². The molecule has 2 N–H and O–H groups in total. The number of hydrogen-bond donors (Lipinski definition) is 1. The summed E-state index contributed by atoms with van der Waals surface area (Å²) >= 11 is 0. The lowest BCUT2D eigenvalue weighted by Crippen LogP contribution is -2.11. The van der Waals surface area contributed by atoms with Gasteiger partial charge in [-0.3, -0.25) is 4.79 Å². The molecular formula is C22H27N3O2. The Morgan fingerprint density at radius 1 is 1.30 bits per heavy atom. The number of anilines is 1. The third-order valence-electron chi connectivity index (χ3n) is 5.53. The molecule has 0 fully saturated rings. The van der Waals surface area contributed by atoms with Gasteiger partial charge >= 0.3 is 5.97 Å². The maximum atomic E-state index is 11.7. The minimum atomic E-state index is -0.140. The van der Waals surface area contributed by atoms with Crippen LogP contribution in [0.4, 0.5) is 5.69 Å². The standard InChI is InChI=1S/C22H27N3O2/c1-3-27-19(26)9-6-12-25-18-11-10-14(2)13-16(18)20-21(23)15-7-4-5-8-17(15)24-22(20)25/h10-11,13H,3-9,12H2,1-2H3,(H2,23,24). The quantitative estimate of drug-likeness (QED) is 0.684. The Labute approximate surface area is 159 Å². The number of hydrogen-bond acceptors (Lipinski definition) is 4. The molecular weight excluding hydrogens is 338 g/mol. The van der Waals surface area contributed by atoms with Crippen LogP contribution in [-0.4, -0.2) is 22.1 Å². The molecule has 2 heterocycles. The molecule has 27 heavy (non-hydrogen) atoms. The number of aromatic nitrogens is 2. The highest BCUT2D eigenvalue weighted by Crippen LogP contribution is 2.37. The minimum Gasteiger partial charge on any atom is -0.466 e. The molecule has 0 unspecified atom stereocenters. The Kier molecular flexibility index (Phi) is 4.77. The van der Waals surface area contributed by atoms with Gasteiger partial charge in [0, 0.05) is 29.7 Å². The second-order valence-electron chi connectivity index (χ2n) is 7.44. The monoisotopic (exact) mass is 365 g/mol. The number of carbonyl (C=O) groups is 1. The minimum absolute atomic E-state index is 0.140. The van der Waals surface area contributed by atoms with Gasteiger partial charge in [-0.1, -0.05) is 11.6 Å². The summed E-state index contributed by atoms with van der Waals surface area (Å²) in [5, 5.41) is 2.24. The Morgan fingerprint density at radius 3 is 2.93 bits per heavy atom. The summed E-state index contributed by atoms with van der Waals surface area (Å²) in [6.45, 7) is 5.10. The van der Waals surface area contributed by atoms with Gasteiger partial charge in [0.25, 0.3) is 0 Å². The van der Waals surface area contributed by atoms with E-state index < -0.39 is 0 Å². The molecule has 5 heteroatoms. The normalized spacial score (nSPS) is 13.9. The van der Waals surface area contributed by atoms with Crippen LogP contribution in [0.3, 0.4) is 0 Å². The number of ether oxygens (including phenoxy) is 1. The molecule has 0 bridgehead atoms. The summed E-state index contributed by atoms with van der Waals surface area (Å²) in [5.74, 6) is -0.140. The number of carbonyl (C=O) groups excluding carboxylic acids is 1. The van der Waals surface area contributed by atoms with Crippen molar-refractivity contribution in [2.24, 2.45) is 0 Å². The van der Waals surface area contributed by atoms with Gasteiger partial charge in [-0.15, -0.1) is 0 Å². The summed E-state index contributed by atoms with van der Waals surface area (Å²) in [4.78, 5) is 16.8. The van der Waals surface area contributed by atoms with Crippen molar-refractivity contribution < 1.29 is 9.53 Å². The third kappa shape index (κ3) is 3.15. The average molecular weight is 365 g/mol. The predicted molar refractivity (Wildman–Crippen MR) is 109 cm³/mol. The van der Waals surface area contributed by atoms with Gasteiger partial charge < -0.3 is 15.0 Å². The van der Waals surface area contributed by atoms with Gasteiger partial charge in [0.2, 0.25) is 0 Å². The van der Waals surface area contributed by atoms with Crippen LogP contribution in [0.2, 0.25) is 0 Å². The fraction of sp³-hybridized carbons (Fsp3) is 0.455. The second kappa shape index (κ2) is 7.22. The first-order valence-corrected chi connectivity index (χ1v) is 9.95. The third-order valence-corrected chi connectivity index (χ3v) is 5.53. The highest BCUT2D eigenvalue weighted by atomic mass is 16.5. The lowest BCUT2D eigenvalue weighted by molar-refractivity contribution is -0.143. The molecule has 4 rings (SSSR count). The first kappa shape index (κ1) is 17.8. The topological polar surface area (TPSA) is 70.1 Å². The highest BCUT2D eigenvalue weighted by Gasteiger charge is 2.21. The van der Waals surface area contributed by atoms with E-state index in [1.54, 1.807) is 0 Å². The van der Waals surface area contributed by atoms with E-state index in [9.17, 15) is 4.79 Å². The SMILES string of the molecule is CCOC(=O)CCCn1c2ccc(C)cc2c2c(N)c3c(nc21)CCCC3. The number of benzene rings is 1. The molecule has 2 aromatic heterocycles. The Hall–Kier alpha value is -2.56. The van der Waals surface area contributed by atoms with Crippen molar-refractivity contribution in [3.8, 4) is 0 Å². The van der Waals surface area contributed by atoms with Crippen LogP contribution in [0.25, 0.3) is 21.9 Å². The summed E-state index contributed by atoms with van der Waals surface area (Å²) in [6.07, 6.45) is 5.52. The zero-order valence-electron chi connectivity index (χ0n) is 16.2. The van der Waals surface area contributed by atoms with Crippen molar-refractivity contribution >= 4 is 33.6 Å². The number of pyridine rings is 1. The molecule has 1 aliphatic rings. The van der Waals surface area contributed by atoms with Crippen LogP contribution in [-0.2, 0) is 28.9 Å². The number of nitrogens with two attached hydrogens (primary N) is 1.